The molecule has 1 nitrogen and oxygen atoms in total. The van der Waals surface area contributed by atoms with E-state index in [1.807, 2.05) is 0 Å². The molecule has 0 aromatic rings. The molecule has 0 aromatic heterocycles. The van der Waals surface area contributed by atoms with Crippen LogP contribution in [0.2, 0.25) is 0 Å². The van der Waals surface area contributed by atoms with Crippen molar-refractivity contribution in [3.05, 3.63) is 0 Å². The fourth-order valence-electron chi connectivity index (χ4n) is 4.28. The zero-order chi connectivity index (χ0) is 21.4. The van der Waals surface area contributed by atoms with Gasteiger partial charge in [0.15, 0.2) is 0 Å². The third kappa shape index (κ3) is 22.5. The van der Waals surface area contributed by atoms with Gasteiger partial charge >= 0.3 is 0 Å². The molecule has 0 amide bonds. The Bertz CT molecular complexity index is 288. The number of hydrogen-bond acceptors (Lipinski definition) is 1. The van der Waals surface area contributed by atoms with Crippen LogP contribution >= 0.6 is 0 Å². The highest BCUT2D eigenvalue weighted by Gasteiger charge is 2.05. The fraction of sp³-hybridized carbons (Fsp3) is 1.00. The van der Waals surface area contributed by atoms with E-state index in [1.165, 1.54) is 148 Å². The maximum atomic E-state index is 2.77. The summed E-state index contributed by atoms with van der Waals surface area (Å²) in [6.07, 6.45) is 28.7. The predicted molar refractivity (Wildman–Crippen MR) is 135 cm³/mol. The minimum absolute atomic E-state index is 0.932. The summed E-state index contributed by atoms with van der Waals surface area (Å²) in [5, 5.41) is 0. The molecule has 0 fully saturated rings. The molecule has 29 heavy (non-hydrogen) atoms. The number of nitrogens with zero attached hydrogens (tertiary/aromatic N) is 1. The molecule has 176 valence electrons. The third-order valence-corrected chi connectivity index (χ3v) is 6.77. The Morgan fingerprint density at radius 2 is 0.828 bits per heavy atom. The van der Waals surface area contributed by atoms with Gasteiger partial charge in [-0.15, -0.1) is 0 Å². The second kappa shape index (κ2) is 24.2. The average Bonchev–Trinajstić information content (AvgIpc) is 2.74. The highest BCUT2D eigenvalue weighted by atomic mass is 15.1. The largest absolute Gasteiger partial charge is 0.303 e. The van der Waals surface area contributed by atoms with E-state index in [-0.39, 0.29) is 0 Å². The van der Waals surface area contributed by atoms with Crippen LogP contribution in [-0.4, -0.2) is 24.5 Å². The molecule has 0 heterocycles. The van der Waals surface area contributed by atoms with Crippen molar-refractivity contribution >= 4 is 0 Å². The first-order chi connectivity index (χ1) is 14.2. The van der Waals surface area contributed by atoms with Crippen LogP contribution in [0.15, 0.2) is 0 Å². The Morgan fingerprint density at radius 1 is 0.448 bits per heavy atom. The van der Waals surface area contributed by atoms with E-state index in [0.717, 1.165) is 5.92 Å². The zero-order valence-corrected chi connectivity index (χ0v) is 21.3. The van der Waals surface area contributed by atoms with Crippen LogP contribution in [0.4, 0.5) is 0 Å². The van der Waals surface area contributed by atoms with Crippen LogP contribution in [0, 0.1) is 5.92 Å². The Kier molecular flexibility index (Phi) is 24.2. The lowest BCUT2D eigenvalue weighted by Crippen LogP contribution is -2.27. The van der Waals surface area contributed by atoms with Crippen molar-refractivity contribution in [1.29, 1.82) is 0 Å². The van der Waals surface area contributed by atoms with Crippen molar-refractivity contribution in [2.24, 2.45) is 5.92 Å². The van der Waals surface area contributed by atoms with Gasteiger partial charge in [0.2, 0.25) is 0 Å². The maximum Gasteiger partial charge on any atom is -0.00187 e. The molecule has 0 saturated carbocycles. The van der Waals surface area contributed by atoms with E-state index in [4.69, 9.17) is 0 Å². The van der Waals surface area contributed by atoms with Gasteiger partial charge in [-0.3, -0.25) is 0 Å². The Morgan fingerprint density at radius 3 is 1.28 bits per heavy atom. The van der Waals surface area contributed by atoms with Crippen LogP contribution in [0.5, 0.6) is 0 Å². The molecular formula is C28H59N. The van der Waals surface area contributed by atoms with Crippen LogP contribution in [0.25, 0.3) is 0 Å². The van der Waals surface area contributed by atoms with E-state index in [9.17, 15) is 0 Å². The lowest BCUT2D eigenvalue weighted by atomic mass is 10.0. The molecule has 0 spiro atoms. The van der Waals surface area contributed by atoms with E-state index in [2.05, 4.69) is 32.6 Å². The van der Waals surface area contributed by atoms with Gasteiger partial charge in [-0.2, -0.15) is 0 Å². The molecule has 0 aliphatic carbocycles. The molecule has 0 N–H and O–H groups in total. The molecule has 0 aliphatic rings. The first kappa shape index (κ1) is 29.0. The monoisotopic (exact) mass is 409 g/mol. The highest BCUT2D eigenvalue weighted by molar-refractivity contribution is 4.60. The zero-order valence-electron chi connectivity index (χ0n) is 21.3. The van der Waals surface area contributed by atoms with Crippen molar-refractivity contribution in [2.45, 2.75) is 156 Å². The molecule has 0 saturated heterocycles. The topological polar surface area (TPSA) is 3.24 Å². The van der Waals surface area contributed by atoms with Gasteiger partial charge in [0.05, 0.1) is 0 Å². The summed E-state index contributed by atoms with van der Waals surface area (Å²) in [6.45, 7) is 13.4. The van der Waals surface area contributed by atoms with E-state index < -0.39 is 0 Å². The van der Waals surface area contributed by atoms with Crippen LogP contribution < -0.4 is 0 Å². The lowest BCUT2D eigenvalue weighted by molar-refractivity contribution is 0.256. The molecule has 0 aliphatic heterocycles. The number of hydrogen-bond donors (Lipinski definition) is 0. The predicted octanol–water partition coefficient (Wildman–Crippen LogP) is 9.79. The standard InChI is InChI=1S/C28H59N/c1-5-8-10-11-12-13-14-15-16-17-19-22-26-29(25-9-6-2)27-23-20-18-21-24-28(4)7-3/h28H,5-27H2,1-4H3. The molecule has 1 unspecified atom stereocenters. The Hall–Kier alpha value is -0.0400. The smallest absolute Gasteiger partial charge is 0.00187 e. The maximum absolute atomic E-state index is 2.77. The van der Waals surface area contributed by atoms with Crippen molar-refractivity contribution in [1.82, 2.24) is 4.90 Å². The molecular weight excluding hydrogens is 350 g/mol. The van der Waals surface area contributed by atoms with Crippen LogP contribution in [-0.2, 0) is 0 Å². The first-order valence-corrected chi connectivity index (χ1v) is 14.0. The lowest BCUT2D eigenvalue weighted by Gasteiger charge is -2.22. The van der Waals surface area contributed by atoms with Crippen molar-refractivity contribution < 1.29 is 0 Å². The van der Waals surface area contributed by atoms with Gasteiger partial charge in [0, 0.05) is 0 Å². The summed E-state index contributed by atoms with van der Waals surface area (Å²) in [6, 6.07) is 0. The molecule has 0 bridgehead atoms. The van der Waals surface area contributed by atoms with Gasteiger partial charge in [-0.1, -0.05) is 137 Å². The van der Waals surface area contributed by atoms with Crippen molar-refractivity contribution in [3.63, 3.8) is 0 Å². The van der Waals surface area contributed by atoms with Gasteiger partial charge in [0.1, 0.15) is 0 Å². The first-order valence-electron chi connectivity index (χ1n) is 14.0. The summed E-state index contributed by atoms with van der Waals surface area (Å²) >= 11 is 0. The van der Waals surface area contributed by atoms with Gasteiger partial charge in [0.25, 0.3) is 0 Å². The second-order valence-corrected chi connectivity index (χ2v) is 9.80. The van der Waals surface area contributed by atoms with E-state index in [1.54, 1.807) is 0 Å². The average molecular weight is 410 g/mol. The summed E-state index contributed by atoms with van der Waals surface area (Å²) < 4.78 is 0. The van der Waals surface area contributed by atoms with E-state index in [0.29, 0.717) is 0 Å². The summed E-state index contributed by atoms with van der Waals surface area (Å²) in [7, 11) is 0. The summed E-state index contributed by atoms with van der Waals surface area (Å²) in [4.78, 5) is 2.77. The highest BCUT2D eigenvalue weighted by Crippen LogP contribution is 2.14. The molecule has 1 atom stereocenters. The molecule has 1 heteroatoms. The minimum Gasteiger partial charge on any atom is -0.303 e. The summed E-state index contributed by atoms with van der Waals surface area (Å²) in [5.41, 5.74) is 0. The van der Waals surface area contributed by atoms with Crippen molar-refractivity contribution in [3.8, 4) is 0 Å². The molecule has 0 radical (unpaired) electrons. The van der Waals surface area contributed by atoms with Crippen LogP contribution in [0.1, 0.15) is 156 Å². The number of rotatable bonds is 24. The Labute approximate surface area is 186 Å². The fourth-order valence-corrected chi connectivity index (χ4v) is 4.28. The van der Waals surface area contributed by atoms with Gasteiger partial charge in [-0.05, 0) is 44.8 Å². The minimum atomic E-state index is 0.932. The van der Waals surface area contributed by atoms with Crippen molar-refractivity contribution in [2.75, 3.05) is 19.6 Å². The SMILES string of the molecule is CCCCCCCCCCCCCCN(CCCC)CCCCCCC(C)CC. The molecule has 0 aromatic carbocycles. The third-order valence-electron chi connectivity index (χ3n) is 6.77. The van der Waals surface area contributed by atoms with E-state index >= 15 is 0 Å². The second-order valence-electron chi connectivity index (χ2n) is 9.80. The number of unbranched alkanes of at least 4 members (excludes halogenated alkanes) is 15. The normalized spacial score (nSPS) is 12.7. The van der Waals surface area contributed by atoms with Crippen LogP contribution in [0.3, 0.4) is 0 Å². The Balaban J connectivity index is 3.54. The molecule has 0 rings (SSSR count). The summed E-state index contributed by atoms with van der Waals surface area (Å²) in [5.74, 6) is 0.932. The van der Waals surface area contributed by atoms with Gasteiger partial charge in [-0.25, -0.2) is 0 Å². The van der Waals surface area contributed by atoms with Gasteiger partial charge < -0.3 is 4.90 Å². The quantitative estimate of drug-likeness (QED) is 0.143.